The maximum Gasteiger partial charge on any atom is 0.285 e. The Morgan fingerprint density at radius 3 is 2.44 bits per heavy atom. The van der Waals surface area contributed by atoms with Crippen LogP contribution in [0.25, 0.3) is 10.8 Å². The first-order valence-corrected chi connectivity index (χ1v) is 10.3. The third kappa shape index (κ3) is 2.73. The number of amides is 3. The summed E-state index contributed by atoms with van der Waals surface area (Å²) in [5, 5.41) is 3.97. The van der Waals surface area contributed by atoms with E-state index >= 15 is 0 Å². The van der Waals surface area contributed by atoms with E-state index in [4.69, 9.17) is 14.4 Å². The van der Waals surface area contributed by atoms with Crippen LogP contribution in [0.1, 0.15) is 32.3 Å². The van der Waals surface area contributed by atoms with E-state index in [1.54, 1.807) is 24.3 Å². The minimum absolute atomic E-state index is 0.0310. The molecule has 0 aliphatic carbocycles. The zero-order valence-corrected chi connectivity index (χ0v) is 16.9. The second-order valence-electron chi connectivity index (χ2n) is 7.95. The molecule has 3 amide bonds. The summed E-state index contributed by atoms with van der Waals surface area (Å²) in [6, 6.07) is 17.9. The van der Waals surface area contributed by atoms with Gasteiger partial charge < -0.3 is 4.74 Å². The van der Waals surface area contributed by atoms with Crippen molar-refractivity contribution in [2.75, 3.05) is 19.8 Å². The number of rotatable bonds is 3. The lowest BCUT2D eigenvalue weighted by atomic mass is 9.88. The highest BCUT2D eigenvalue weighted by atomic mass is 16.7. The van der Waals surface area contributed by atoms with Crippen LogP contribution in [-0.4, -0.2) is 47.7 Å². The number of hydrogen-bond acceptors (Lipinski definition) is 6. The largest absolute Gasteiger partial charge is 0.493 e. The monoisotopic (exact) mass is 430 g/mol. The molecule has 6 rings (SSSR count). The Balaban J connectivity index is 1.26. The zero-order valence-electron chi connectivity index (χ0n) is 16.9. The van der Waals surface area contributed by atoms with Crippen LogP contribution in [0.3, 0.4) is 0 Å². The van der Waals surface area contributed by atoms with E-state index in [1.807, 2.05) is 36.4 Å². The first-order valence-electron chi connectivity index (χ1n) is 10.3. The summed E-state index contributed by atoms with van der Waals surface area (Å²) in [5.41, 5.74) is 1.41. The molecule has 3 heterocycles. The van der Waals surface area contributed by atoms with Gasteiger partial charge in [-0.15, -0.1) is 5.06 Å². The molecule has 160 valence electrons. The van der Waals surface area contributed by atoms with E-state index in [1.165, 1.54) is 5.06 Å². The molecule has 3 aliphatic rings. The Morgan fingerprint density at radius 1 is 0.938 bits per heavy atom. The van der Waals surface area contributed by atoms with Gasteiger partial charge in [0.05, 0.1) is 30.4 Å². The van der Waals surface area contributed by atoms with Gasteiger partial charge in [-0.1, -0.05) is 42.5 Å². The van der Waals surface area contributed by atoms with Gasteiger partial charge in [0.15, 0.2) is 6.61 Å². The Morgan fingerprint density at radius 2 is 1.66 bits per heavy atom. The lowest BCUT2D eigenvalue weighted by Gasteiger charge is -2.32. The van der Waals surface area contributed by atoms with Crippen molar-refractivity contribution >= 4 is 28.5 Å². The summed E-state index contributed by atoms with van der Waals surface area (Å²) in [7, 11) is 0. The number of ether oxygens (including phenoxy) is 1. The average Bonchev–Trinajstić information content (AvgIpc) is 3.37. The van der Waals surface area contributed by atoms with Gasteiger partial charge >= 0.3 is 0 Å². The highest BCUT2D eigenvalue weighted by Gasteiger charge is 2.45. The van der Waals surface area contributed by atoms with Gasteiger partial charge in [0.25, 0.3) is 17.7 Å². The summed E-state index contributed by atoms with van der Waals surface area (Å²) in [6.07, 6.45) is 0. The molecule has 0 aromatic heterocycles. The summed E-state index contributed by atoms with van der Waals surface area (Å²) in [4.78, 5) is 49.2. The topological polar surface area (TPSA) is 85.4 Å². The molecule has 3 aliphatic heterocycles. The van der Waals surface area contributed by atoms with Crippen LogP contribution in [0.5, 0.6) is 5.75 Å². The number of fused-ring (bicyclic) bond motifs is 6. The van der Waals surface area contributed by atoms with Crippen molar-refractivity contribution < 1.29 is 28.8 Å². The van der Waals surface area contributed by atoms with E-state index < -0.39 is 24.3 Å². The number of hydrogen-bond donors (Lipinski definition) is 0. The lowest BCUT2D eigenvalue weighted by Crippen LogP contribution is -2.39. The zero-order chi connectivity index (χ0) is 21.8. The Labute approximate surface area is 182 Å². The number of carbonyl (C=O) groups excluding carboxylic acids is 3. The second-order valence-corrected chi connectivity index (χ2v) is 7.95. The van der Waals surface area contributed by atoms with Crippen molar-refractivity contribution in [1.29, 1.82) is 0 Å². The second kappa shape index (κ2) is 7.15. The highest BCUT2D eigenvalue weighted by molar-refractivity contribution is 6.20. The lowest BCUT2D eigenvalue weighted by molar-refractivity contribution is -0.190. The van der Waals surface area contributed by atoms with Crippen molar-refractivity contribution in [1.82, 2.24) is 10.1 Å². The Hall–Kier alpha value is -3.75. The maximum absolute atomic E-state index is 13.1. The number of hydroxylamine groups is 4. The molecule has 2 atom stereocenters. The van der Waals surface area contributed by atoms with Crippen LogP contribution in [0, 0.1) is 5.92 Å². The fourth-order valence-electron chi connectivity index (χ4n) is 4.63. The Bertz CT molecular complexity index is 1250. The van der Waals surface area contributed by atoms with Gasteiger partial charge in [0.2, 0.25) is 0 Å². The van der Waals surface area contributed by atoms with E-state index in [0.29, 0.717) is 18.3 Å². The van der Waals surface area contributed by atoms with Crippen LogP contribution >= 0.6 is 0 Å². The third-order valence-corrected chi connectivity index (χ3v) is 6.13. The quantitative estimate of drug-likeness (QED) is 0.594. The first-order chi connectivity index (χ1) is 15.6. The fraction of sp³-hybridized carbons (Fsp3) is 0.208. The van der Waals surface area contributed by atoms with Gasteiger partial charge in [-0.05, 0) is 29.0 Å². The molecule has 0 spiro atoms. The molecule has 0 N–H and O–H groups in total. The van der Waals surface area contributed by atoms with Crippen molar-refractivity contribution in [2.24, 2.45) is 5.92 Å². The summed E-state index contributed by atoms with van der Waals surface area (Å²) >= 11 is 0. The summed E-state index contributed by atoms with van der Waals surface area (Å²) < 4.78 is 5.93. The van der Waals surface area contributed by atoms with E-state index in [9.17, 15) is 14.4 Å². The van der Waals surface area contributed by atoms with Crippen molar-refractivity contribution in [2.45, 2.75) is 6.04 Å². The van der Waals surface area contributed by atoms with Crippen LogP contribution in [0.15, 0.2) is 60.7 Å². The summed E-state index contributed by atoms with van der Waals surface area (Å²) in [6.45, 7) is 0.251. The first kappa shape index (κ1) is 19.0. The molecule has 0 radical (unpaired) electrons. The predicted octanol–water partition coefficient (Wildman–Crippen LogP) is 2.89. The van der Waals surface area contributed by atoms with Gasteiger partial charge in [-0.25, -0.2) is 5.06 Å². The predicted molar refractivity (Wildman–Crippen MR) is 111 cm³/mol. The minimum atomic E-state index is -0.582. The minimum Gasteiger partial charge on any atom is -0.493 e. The van der Waals surface area contributed by atoms with E-state index in [2.05, 4.69) is 0 Å². The smallest absolute Gasteiger partial charge is 0.285 e. The maximum atomic E-state index is 13.1. The molecule has 0 bridgehead atoms. The molecule has 3 aromatic rings. The molecule has 0 saturated carbocycles. The molecule has 32 heavy (non-hydrogen) atoms. The van der Waals surface area contributed by atoms with Crippen LogP contribution in [-0.2, 0) is 14.5 Å². The van der Waals surface area contributed by atoms with Crippen molar-refractivity contribution in [3.63, 3.8) is 0 Å². The average molecular weight is 430 g/mol. The van der Waals surface area contributed by atoms with E-state index in [0.717, 1.165) is 22.1 Å². The van der Waals surface area contributed by atoms with Gasteiger partial charge in [0.1, 0.15) is 5.75 Å². The number of imide groups is 1. The molecule has 1 saturated heterocycles. The molecule has 8 nitrogen and oxygen atoms in total. The van der Waals surface area contributed by atoms with Gasteiger partial charge in [0, 0.05) is 11.5 Å². The van der Waals surface area contributed by atoms with Crippen LogP contribution in [0.4, 0.5) is 0 Å². The fourth-order valence-corrected chi connectivity index (χ4v) is 4.63. The van der Waals surface area contributed by atoms with Crippen LogP contribution in [0.2, 0.25) is 0 Å². The number of benzene rings is 3. The third-order valence-electron chi connectivity index (χ3n) is 6.13. The van der Waals surface area contributed by atoms with Gasteiger partial charge in [-0.2, -0.15) is 0 Å². The molecular weight excluding hydrogens is 412 g/mol. The number of nitrogens with zero attached hydrogens (tertiary/aromatic N) is 2. The van der Waals surface area contributed by atoms with Crippen LogP contribution < -0.4 is 4.74 Å². The summed E-state index contributed by atoms with van der Waals surface area (Å²) in [5.74, 6) is -0.956. The molecule has 3 aromatic carbocycles. The highest BCUT2D eigenvalue weighted by Crippen LogP contribution is 2.46. The van der Waals surface area contributed by atoms with Gasteiger partial charge in [-0.3, -0.25) is 24.1 Å². The Kier molecular flexibility index (Phi) is 4.24. The molecular formula is C24H18N2O6. The number of carbonyl (C=O) groups is 3. The molecule has 8 heteroatoms. The standard InChI is InChI=1S/C24H18N2O6/c27-20(13-32-26-23(28)17-7-3-4-8-18(17)24(26)29)25-22-15(12-31-25)11-30-19-10-9-14-5-1-2-6-16(14)21(19)22/h1-10,15,22H,11-13H2/t15-,22+/m1/s1. The molecule has 0 unspecified atom stereocenters. The normalized spacial score (nSPS) is 21.4. The van der Waals surface area contributed by atoms with Crippen molar-refractivity contribution in [3.05, 3.63) is 77.4 Å². The molecule has 1 fully saturated rings. The van der Waals surface area contributed by atoms with E-state index in [-0.39, 0.29) is 23.1 Å². The van der Waals surface area contributed by atoms with Crippen molar-refractivity contribution in [3.8, 4) is 5.75 Å². The SMILES string of the molecule is O=C1c2ccccc2C(=O)N1OCC(=O)N1OC[C@H]2COc3ccc4ccccc4c3[C@H]21.